The van der Waals surface area contributed by atoms with Crippen molar-refractivity contribution >= 4 is 50.4 Å². The Labute approximate surface area is 207 Å². The number of ether oxygens (including phenoxy) is 2. The van der Waals surface area contributed by atoms with Crippen LogP contribution < -0.4 is 9.64 Å². The number of hydrogen-bond donors (Lipinski definition) is 0. The maximum atomic E-state index is 13.2. The quantitative estimate of drug-likeness (QED) is 0.450. The number of benzene rings is 1. The van der Waals surface area contributed by atoms with Crippen molar-refractivity contribution in [3.05, 3.63) is 52.3 Å². The number of fused-ring (bicyclic) bond motifs is 1. The molecule has 0 N–H and O–H groups in total. The Morgan fingerprint density at radius 2 is 2.03 bits per heavy atom. The number of carbonyl (C=O) groups excluding carboxylic acids is 1. The Bertz CT molecular complexity index is 1290. The Balaban J connectivity index is 2.03. The molecule has 9 heteroatoms. The first kappa shape index (κ1) is 23.8. The van der Waals surface area contributed by atoms with Crippen LogP contribution in [-0.4, -0.2) is 67.5 Å². The Hall–Kier alpha value is -3.35. The summed E-state index contributed by atoms with van der Waals surface area (Å²) in [5.74, 6) is 1.27. The third-order valence-electron chi connectivity index (χ3n) is 5.88. The van der Waals surface area contributed by atoms with Crippen LogP contribution in [0.2, 0.25) is 0 Å². The van der Waals surface area contributed by atoms with Crippen LogP contribution >= 0.6 is 15.9 Å². The van der Waals surface area contributed by atoms with E-state index in [2.05, 4.69) is 43.8 Å². The van der Waals surface area contributed by atoms with Gasteiger partial charge < -0.3 is 19.3 Å². The summed E-state index contributed by atoms with van der Waals surface area (Å²) in [5, 5.41) is 11.1. The maximum Gasteiger partial charge on any atom is 0.420 e. The van der Waals surface area contributed by atoms with Crippen LogP contribution in [0.15, 0.2) is 41.1 Å². The molecule has 1 fully saturated rings. The van der Waals surface area contributed by atoms with Crippen LogP contribution in [0.5, 0.6) is 5.75 Å². The summed E-state index contributed by atoms with van der Waals surface area (Å²) in [7, 11) is 3.66. The lowest BCUT2D eigenvalue weighted by Gasteiger charge is -2.34. The number of likely N-dealkylation sites (N-methyl/N-ethyl adjacent to an activating group) is 1. The van der Waals surface area contributed by atoms with Gasteiger partial charge in [-0.1, -0.05) is 15.9 Å². The number of methoxy groups -OCH3 is 1. The molecule has 1 saturated heterocycles. The fourth-order valence-electron chi connectivity index (χ4n) is 4.21. The summed E-state index contributed by atoms with van der Waals surface area (Å²) in [5.41, 5.74) is 2.46. The minimum absolute atomic E-state index is 0.250. The third kappa shape index (κ3) is 4.52. The molecule has 0 atom stereocenters. The molecule has 3 aromatic rings. The number of rotatable bonds is 5. The van der Waals surface area contributed by atoms with Crippen LogP contribution in [0.4, 0.5) is 10.6 Å². The number of aromatic nitrogens is 2. The van der Waals surface area contributed by atoms with Crippen molar-refractivity contribution in [3.63, 3.8) is 0 Å². The van der Waals surface area contributed by atoms with Crippen LogP contribution in [0.3, 0.4) is 0 Å². The second-order valence-corrected chi connectivity index (χ2v) is 8.89. The summed E-state index contributed by atoms with van der Waals surface area (Å²) in [6, 6.07) is 9.81. The number of hydrogen-bond acceptors (Lipinski definition) is 7. The Morgan fingerprint density at radius 1 is 1.26 bits per heavy atom. The summed E-state index contributed by atoms with van der Waals surface area (Å²) in [6.07, 6.45) is 4.59. The van der Waals surface area contributed by atoms with Gasteiger partial charge in [-0.15, -0.1) is 0 Å². The standard InChI is InChI=1S/C25H26BrN5O3/c1-4-34-25(32)31-21-6-5-19(26)14-20(21)23(24(31)30-11-9-29(2)10-12-30)17(15-27)13-18-16-28-8-7-22(18)33-3/h5-8,13-14,16H,4,9-12H2,1-3H3/b17-13+. The number of anilines is 1. The molecule has 2 aromatic heterocycles. The topological polar surface area (TPSA) is 83.6 Å². The Kier molecular flexibility index (Phi) is 7.20. The van der Waals surface area contributed by atoms with Crippen molar-refractivity contribution in [2.24, 2.45) is 0 Å². The number of nitrogens with zero attached hydrogens (tertiary/aromatic N) is 5. The molecular weight excluding hydrogens is 498 g/mol. The van der Waals surface area contributed by atoms with E-state index in [1.807, 2.05) is 18.2 Å². The average Bonchev–Trinajstić information content (AvgIpc) is 3.17. The van der Waals surface area contributed by atoms with E-state index in [0.717, 1.165) is 36.0 Å². The number of nitriles is 1. The molecule has 0 unspecified atom stereocenters. The number of piperazine rings is 1. The van der Waals surface area contributed by atoms with E-state index < -0.39 is 6.09 Å². The van der Waals surface area contributed by atoms with Gasteiger partial charge in [0.05, 0.1) is 30.9 Å². The van der Waals surface area contributed by atoms with Gasteiger partial charge in [-0.3, -0.25) is 4.98 Å². The summed E-state index contributed by atoms with van der Waals surface area (Å²) >= 11 is 3.55. The third-order valence-corrected chi connectivity index (χ3v) is 6.37. The molecular formula is C25H26BrN5O3. The highest BCUT2D eigenvalue weighted by Gasteiger charge is 2.30. The van der Waals surface area contributed by atoms with E-state index in [0.29, 0.717) is 33.8 Å². The fourth-order valence-corrected chi connectivity index (χ4v) is 4.57. The average molecular weight is 524 g/mol. The van der Waals surface area contributed by atoms with Crippen molar-refractivity contribution in [2.45, 2.75) is 6.92 Å². The van der Waals surface area contributed by atoms with Gasteiger partial charge in [-0.2, -0.15) is 5.26 Å². The summed E-state index contributed by atoms with van der Waals surface area (Å²) in [6.45, 7) is 5.15. The minimum atomic E-state index is -0.466. The van der Waals surface area contributed by atoms with Gasteiger partial charge in [0.2, 0.25) is 0 Å². The van der Waals surface area contributed by atoms with Gasteiger partial charge in [-0.25, -0.2) is 9.36 Å². The largest absolute Gasteiger partial charge is 0.496 e. The van der Waals surface area contributed by atoms with E-state index in [4.69, 9.17) is 9.47 Å². The van der Waals surface area contributed by atoms with Crippen molar-refractivity contribution in [1.29, 1.82) is 5.26 Å². The first-order chi connectivity index (χ1) is 16.5. The number of carbonyl (C=O) groups is 1. The van der Waals surface area contributed by atoms with Gasteiger partial charge in [0.15, 0.2) is 0 Å². The first-order valence-electron chi connectivity index (χ1n) is 11.0. The van der Waals surface area contributed by atoms with Crippen LogP contribution in [0, 0.1) is 11.3 Å². The second-order valence-electron chi connectivity index (χ2n) is 7.97. The predicted octanol–water partition coefficient (Wildman–Crippen LogP) is 4.63. The molecule has 176 valence electrons. The first-order valence-corrected chi connectivity index (χ1v) is 11.8. The molecule has 4 rings (SSSR count). The van der Waals surface area contributed by atoms with E-state index in [1.165, 1.54) is 0 Å². The lowest BCUT2D eigenvalue weighted by atomic mass is 10.0. The summed E-state index contributed by atoms with van der Waals surface area (Å²) < 4.78 is 13.4. The monoisotopic (exact) mass is 523 g/mol. The van der Waals surface area contributed by atoms with Crippen LogP contribution in [-0.2, 0) is 4.74 Å². The van der Waals surface area contributed by atoms with Gasteiger partial charge >= 0.3 is 6.09 Å². The smallest absolute Gasteiger partial charge is 0.420 e. The molecule has 1 aliphatic rings. The van der Waals surface area contributed by atoms with Gasteiger partial charge in [0.25, 0.3) is 0 Å². The molecule has 1 aliphatic heterocycles. The number of allylic oxidation sites excluding steroid dienone is 1. The zero-order chi connectivity index (χ0) is 24.2. The molecule has 0 aliphatic carbocycles. The van der Waals surface area contributed by atoms with Gasteiger partial charge in [0, 0.05) is 59.6 Å². The molecule has 0 radical (unpaired) electrons. The molecule has 34 heavy (non-hydrogen) atoms. The maximum absolute atomic E-state index is 13.2. The van der Waals surface area contributed by atoms with Gasteiger partial charge in [-0.05, 0) is 44.3 Å². The van der Waals surface area contributed by atoms with Crippen molar-refractivity contribution in [1.82, 2.24) is 14.5 Å². The zero-order valence-corrected chi connectivity index (χ0v) is 21.0. The molecule has 1 aromatic carbocycles. The lowest BCUT2D eigenvalue weighted by Crippen LogP contribution is -2.45. The molecule has 3 heterocycles. The lowest BCUT2D eigenvalue weighted by molar-refractivity contribution is 0.155. The van der Waals surface area contributed by atoms with E-state index in [-0.39, 0.29) is 6.61 Å². The highest BCUT2D eigenvalue weighted by molar-refractivity contribution is 9.10. The molecule has 0 bridgehead atoms. The van der Waals surface area contributed by atoms with Crippen molar-refractivity contribution < 1.29 is 14.3 Å². The summed E-state index contributed by atoms with van der Waals surface area (Å²) in [4.78, 5) is 21.8. The molecule has 0 saturated carbocycles. The van der Waals surface area contributed by atoms with Crippen molar-refractivity contribution in [2.75, 3.05) is 51.8 Å². The van der Waals surface area contributed by atoms with E-state index in [9.17, 15) is 10.1 Å². The molecule has 8 nitrogen and oxygen atoms in total. The Morgan fingerprint density at radius 3 is 2.71 bits per heavy atom. The normalized spacial score (nSPS) is 14.8. The highest BCUT2D eigenvalue weighted by atomic mass is 79.9. The predicted molar refractivity (Wildman–Crippen MR) is 136 cm³/mol. The SMILES string of the molecule is CCOC(=O)n1c(N2CCN(C)CC2)c(/C(C#N)=C/c2cnccc2OC)c2cc(Br)ccc21. The molecule has 0 amide bonds. The number of pyridine rings is 1. The van der Waals surface area contributed by atoms with E-state index in [1.54, 1.807) is 43.1 Å². The molecule has 0 spiro atoms. The van der Waals surface area contributed by atoms with Crippen LogP contribution in [0.25, 0.3) is 22.6 Å². The highest BCUT2D eigenvalue weighted by Crippen LogP contribution is 2.40. The number of halogens is 1. The van der Waals surface area contributed by atoms with Crippen LogP contribution in [0.1, 0.15) is 18.1 Å². The minimum Gasteiger partial charge on any atom is -0.496 e. The zero-order valence-electron chi connectivity index (χ0n) is 19.4. The second kappa shape index (κ2) is 10.3. The van der Waals surface area contributed by atoms with E-state index >= 15 is 0 Å². The fraction of sp³-hybridized carbons (Fsp3) is 0.320. The van der Waals surface area contributed by atoms with Gasteiger partial charge in [0.1, 0.15) is 11.6 Å². The van der Waals surface area contributed by atoms with Crippen molar-refractivity contribution in [3.8, 4) is 11.8 Å².